The van der Waals surface area contributed by atoms with Crippen LogP contribution in [0, 0.1) is 0 Å². The van der Waals surface area contributed by atoms with Crippen LogP contribution < -0.4 is 10.1 Å². The lowest BCUT2D eigenvalue weighted by Gasteiger charge is -2.29. The monoisotopic (exact) mass is 306 g/mol. The van der Waals surface area contributed by atoms with Crippen LogP contribution in [0.3, 0.4) is 0 Å². The molecule has 2 N–H and O–H groups in total. The first kappa shape index (κ1) is 15.3. The Morgan fingerprint density at radius 1 is 1.36 bits per heavy atom. The molecule has 3 rings (SSSR count). The first-order valence-corrected chi connectivity index (χ1v) is 7.70. The lowest BCUT2D eigenvalue weighted by atomic mass is 10.1. The Bertz CT molecular complexity index is 523. The van der Waals surface area contributed by atoms with Gasteiger partial charge in [0.25, 0.3) is 0 Å². The van der Waals surface area contributed by atoms with Crippen LogP contribution in [0.4, 0.5) is 0 Å². The fourth-order valence-corrected chi connectivity index (χ4v) is 2.83. The van der Waals surface area contributed by atoms with Crippen molar-refractivity contribution < 1.29 is 19.4 Å². The summed E-state index contributed by atoms with van der Waals surface area (Å²) in [5.74, 6) is 0.801. The third kappa shape index (κ3) is 3.76. The van der Waals surface area contributed by atoms with E-state index in [1.54, 1.807) is 0 Å². The van der Waals surface area contributed by atoms with Gasteiger partial charge in [0.05, 0.1) is 25.3 Å². The number of benzene rings is 1. The molecule has 0 unspecified atom stereocenters. The van der Waals surface area contributed by atoms with E-state index in [0.717, 1.165) is 11.3 Å². The summed E-state index contributed by atoms with van der Waals surface area (Å²) in [6.07, 6.45) is 0.0430. The number of aliphatic hydroxyl groups is 1. The summed E-state index contributed by atoms with van der Waals surface area (Å²) in [6.45, 7) is 3.17. The van der Waals surface area contributed by atoms with E-state index in [2.05, 4.69) is 10.2 Å². The largest absolute Gasteiger partial charge is 0.492 e. The van der Waals surface area contributed by atoms with Crippen LogP contribution in [0.1, 0.15) is 12.0 Å². The van der Waals surface area contributed by atoms with Crippen LogP contribution in [0.25, 0.3) is 0 Å². The zero-order valence-electron chi connectivity index (χ0n) is 12.5. The average molecular weight is 306 g/mol. The fourth-order valence-electron chi connectivity index (χ4n) is 2.83. The molecule has 1 aromatic carbocycles. The number of carbonyl (C=O) groups is 1. The molecule has 0 aromatic heterocycles. The van der Waals surface area contributed by atoms with Gasteiger partial charge in [-0.2, -0.15) is 0 Å². The molecular weight excluding hydrogens is 284 g/mol. The standard InChI is InChI=1S/C16H22N2O4/c19-14-5-7-21-11-13(14)17-16(20)10-18-6-8-22-15-4-2-1-3-12(15)9-18/h1-4,13-14,19H,5-11H2,(H,17,20)/t13-,14-/m1/s1. The summed E-state index contributed by atoms with van der Waals surface area (Å²) in [4.78, 5) is 14.2. The highest BCUT2D eigenvalue weighted by Gasteiger charge is 2.26. The maximum atomic E-state index is 12.2. The Balaban J connectivity index is 1.55. The average Bonchev–Trinajstić information content (AvgIpc) is 2.71. The molecule has 1 aromatic rings. The summed E-state index contributed by atoms with van der Waals surface area (Å²) in [5, 5.41) is 12.7. The molecule has 2 aliphatic rings. The minimum Gasteiger partial charge on any atom is -0.492 e. The van der Waals surface area contributed by atoms with Crippen molar-refractivity contribution in [1.29, 1.82) is 0 Å². The van der Waals surface area contributed by atoms with E-state index >= 15 is 0 Å². The number of carbonyl (C=O) groups excluding carboxylic acids is 1. The Morgan fingerprint density at radius 2 is 2.23 bits per heavy atom. The second-order valence-corrected chi connectivity index (χ2v) is 5.77. The Hall–Kier alpha value is -1.63. The molecule has 1 amide bonds. The molecule has 120 valence electrons. The number of nitrogens with one attached hydrogen (secondary N) is 1. The molecular formula is C16H22N2O4. The van der Waals surface area contributed by atoms with E-state index in [-0.39, 0.29) is 11.9 Å². The maximum Gasteiger partial charge on any atom is 0.234 e. The minimum absolute atomic E-state index is 0.0890. The smallest absolute Gasteiger partial charge is 0.234 e. The highest BCUT2D eigenvalue weighted by Crippen LogP contribution is 2.22. The van der Waals surface area contributed by atoms with Gasteiger partial charge < -0.3 is 19.9 Å². The highest BCUT2D eigenvalue weighted by atomic mass is 16.5. The van der Waals surface area contributed by atoms with Gasteiger partial charge in [-0.05, 0) is 12.5 Å². The van der Waals surface area contributed by atoms with Crippen molar-refractivity contribution in [2.24, 2.45) is 0 Å². The van der Waals surface area contributed by atoms with Crippen molar-refractivity contribution in [1.82, 2.24) is 10.2 Å². The first-order valence-electron chi connectivity index (χ1n) is 7.70. The molecule has 2 heterocycles. The number of ether oxygens (including phenoxy) is 2. The lowest BCUT2D eigenvalue weighted by Crippen LogP contribution is -2.51. The number of para-hydroxylation sites is 1. The van der Waals surface area contributed by atoms with E-state index in [1.165, 1.54) is 0 Å². The molecule has 1 fully saturated rings. The fraction of sp³-hybridized carbons (Fsp3) is 0.562. The van der Waals surface area contributed by atoms with Gasteiger partial charge in [-0.15, -0.1) is 0 Å². The Morgan fingerprint density at radius 3 is 3.09 bits per heavy atom. The molecule has 6 heteroatoms. The number of nitrogens with zero attached hydrogens (tertiary/aromatic N) is 1. The number of aliphatic hydroxyl groups excluding tert-OH is 1. The summed E-state index contributed by atoms with van der Waals surface area (Å²) >= 11 is 0. The van der Waals surface area contributed by atoms with E-state index in [0.29, 0.717) is 45.9 Å². The van der Waals surface area contributed by atoms with Crippen LogP contribution >= 0.6 is 0 Å². The van der Waals surface area contributed by atoms with Crippen LogP contribution in [0.5, 0.6) is 5.75 Å². The summed E-state index contributed by atoms with van der Waals surface area (Å²) in [5.41, 5.74) is 1.09. The van der Waals surface area contributed by atoms with Gasteiger partial charge >= 0.3 is 0 Å². The molecule has 1 saturated heterocycles. The van der Waals surface area contributed by atoms with Crippen molar-refractivity contribution in [3.63, 3.8) is 0 Å². The van der Waals surface area contributed by atoms with E-state index in [9.17, 15) is 9.90 Å². The van der Waals surface area contributed by atoms with Crippen molar-refractivity contribution in [2.45, 2.75) is 25.1 Å². The third-order valence-electron chi connectivity index (χ3n) is 4.07. The number of amides is 1. The number of hydrogen-bond acceptors (Lipinski definition) is 5. The summed E-state index contributed by atoms with van der Waals surface area (Å²) < 4.78 is 11.0. The van der Waals surface area contributed by atoms with Gasteiger partial charge in [-0.3, -0.25) is 9.69 Å². The second-order valence-electron chi connectivity index (χ2n) is 5.77. The number of rotatable bonds is 3. The van der Waals surface area contributed by atoms with E-state index in [4.69, 9.17) is 9.47 Å². The molecule has 0 spiro atoms. The zero-order valence-corrected chi connectivity index (χ0v) is 12.5. The van der Waals surface area contributed by atoms with Crippen LogP contribution in [0.15, 0.2) is 24.3 Å². The molecule has 0 saturated carbocycles. The Labute approximate surface area is 130 Å². The summed E-state index contributed by atoms with van der Waals surface area (Å²) in [6, 6.07) is 7.59. The number of fused-ring (bicyclic) bond motifs is 1. The molecule has 0 aliphatic carbocycles. The predicted molar refractivity (Wildman–Crippen MR) is 80.6 cm³/mol. The van der Waals surface area contributed by atoms with Crippen LogP contribution in [-0.2, 0) is 16.1 Å². The molecule has 0 radical (unpaired) electrons. The normalized spacial score (nSPS) is 25.7. The first-order chi connectivity index (χ1) is 10.7. The zero-order chi connectivity index (χ0) is 15.4. The van der Waals surface area contributed by atoms with E-state index < -0.39 is 6.10 Å². The van der Waals surface area contributed by atoms with Gasteiger partial charge in [0, 0.05) is 25.3 Å². The van der Waals surface area contributed by atoms with Crippen LogP contribution in [0.2, 0.25) is 0 Å². The molecule has 2 atom stereocenters. The topological polar surface area (TPSA) is 71.0 Å². The van der Waals surface area contributed by atoms with Crippen LogP contribution in [-0.4, -0.2) is 61.0 Å². The molecule has 22 heavy (non-hydrogen) atoms. The van der Waals surface area contributed by atoms with Crippen molar-refractivity contribution >= 4 is 5.91 Å². The van der Waals surface area contributed by atoms with Gasteiger partial charge in [0.2, 0.25) is 5.91 Å². The van der Waals surface area contributed by atoms with Gasteiger partial charge in [0.15, 0.2) is 0 Å². The maximum absolute atomic E-state index is 12.2. The van der Waals surface area contributed by atoms with Crippen molar-refractivity contribution in [2.75, 3.05) is 32.9 Å². The predicted octanol–water partition coefficient (Wildman–Crippen LogP) is 0.147. The SMILES string of the molecule is O=C(CN1CCOc2ccccc2C1)N[C@@H]1COCC[C@H]1O. The third-order valence-corrected chi connectivity index (χ3v) is 4.07. The highest BCUT2D eigenvalue weighted by molar-refractivity contribution is 5.78. The minimum atomic E-state index is -0.522. The van der Waals surface area contributed by atoms with E-state index in [1.807, 2.05) is 24.3 Å². The van der Waals surface area contributed by atoms with Gasteiger partial charge in [-0.1, -0.05) is 18.2 Å². The number of hydrogen-bond donors (Lipinski definition) is 2. The molecule has 2 aliphatic heterocycles. The summed E-state index contributed by atoms with van der Waals surface area (Å²) in [7, 11) is 0. The lowest BCUT2D eigenvalue weighted by molar-refractivity contribution is -0.126. The van der Waals surface area contributed by atoms with Gasteiger partial charge in [-0.25, -0.2) is 0 Å². The Kier molecular flexibility index (Phi) is 4.92. The van der Waals surface area contributed by atoms with Gasteiger partial charge in [0.1, 0.15) is 12.4 Å². The second kappa shape index (κ2) is 7.09. The van der Waals surface area contributed by atoms with Crippen molar-refractivity contribution in [3.05, 3.63) is 29.8 Å². The molecule has 0 bridgehead atoms. The van der Waals surface area contributed by atoms with Crippen molar-refractivity contribution in [3.8, 4) is 5.75 Å². The molecule has 6 nitrogen and oxygen atoms in total. The quantitative estimate of drug-likeness (QED) is 0.832.